The Morgan fingerprint density at radius 2 is 1.53 bits per heavy atom. The van der Waals surface area contributed by atoms with Crippen LogP contribution in [0.5, 0.6) is 0 Å². The highest BCUT2D eigenvalue weighted by Crippen LogP contribution is 2.18. The molecule has 0 aromatic heterocycles. The van der Waals surface area contributed by atoms with Crippen molar-refractivity contribution in [3.05, 3.63) is 30.3 Å². The molecule has 0 aliphatic carbocycles. The number of hydrogen-bond donors (Lipinski definition) is 0. The second-order valence-corrected chi connectivity index (χ2v) is 3.31. The van der Waals surface area contributed by atoms with Crippen LogP contribution in [0.3, 0.4) is 0 Å². The maximum Gasteiger partial charge on any atom is 0.701 e. The second kappa shape index (κ2) is 5.34. The van der Waals surface area contributed by atoms with Gasteiger partial charge in [-0.25, -0.2) is 0 Å². The summed E-state index contributed by atoms with van der Waals surface area (Å²) in [6, 6.07) is 0. The lowest BCUT2D eigenvalue weighted by Crippen LogP contribution is -2.54. The predicted octanol–water partition coefficient (Wildman–Crippen LogP) is -0.137. The van der Waals surface area contributed by atoms with Gasteiger partial charge in [0.1, 0.15) is 0 Å². The van der Waals surface area contributed by atoms with Crippen LogP contribution in [0, 0.1) is 30.3 Å². The number of carbonyl (C=O) groups is 1. The van der Waals surface area contributed by atoms with E-state index in [-0.39, 0.29) is 0 Å². The highest BCUT2D eigenvalue weighted by Gasteiger charge is 2.69. The average molecular weight is 271 g/mol. The van der Waals surface area contributed by atoms with E-state index in [9.17, 15) is 35.1 Å². The quantitative estimate of drug-likeness (QED) is 0.282. The first-order valence-corrected chi connectivity index (χ1v) is 4.37. The SMILES string of the molecule is CC(=O)N(Cl)CCC([N+](=O)[O-])([N+](=O)[O-])[N+](=O)[O-]. The van der Waals surface area contributed by atoms with Gasteiger partial charge in [0.2, 0.25) is 5.91 Å². The number of halogens is 1. The molecule has 0 aromatic rings. The lowest BCUT2D eigenvalue weighted by atomic mass is 10.2. The largest absolute Gasteiger partial charge is 0.701 e. The van der Waals surface area contributed by atoms with E-state index in [0.29, 0.717) is 4.42 Å². The van der Waals surface area contributed by atoms with Gasteiger partial charge in [0, 0.05) is 18.7 Å². The molecule has 0 radical (unpaired) electrons. The Labute approximate surface area is 98.5 Å². The summed E-state index contributed by atoms with van der Waals surface area (Å²) in [5.74, 6) is -4.33. The van der Waals surface area contributed by atoms with E-state index >= 15 is 0 Å². The van der Waals surface area contributed by atoms with E-state index < -0.39 is 39.4 Å². The van der Waals surface area contributed by atoms with Gasteiger partial charge < -0.3 is 0 Å². The van der Waals surface area contributed by atoms with Crippen LogP contribution in [0.25, 0.3) is 0 Å². The Morgan fingerprint density at radius 3 is 1.76 bits per heavy atom. The van der Waals surface area contributed by atoms with Gasteiger partial charge in [0.05, 0.1) is 6.54 Å². The van der Waals surface area contributed by atoms with Crippen LogP contribution in [-0.4, -0.2) is 37.4 Å². The molecule has 0 unspecified atom stereocenters. The molecular formula is C5H7ClN4O7. The third kappa shape index (κ3) is 2.96. The van der Waals surface area contributed by atoms with Crippen molar-refractivity contribution in [2.45, 2.75) is 19.1 Å². The maximum atomic E-state index is 10.7. The standard InChI is InChI=1S/C5H7ClN4O7/c1-4(11)7(6)3-2-5(8(12)13,9(14)15)10(16)17/h2-3H2,1H3. The molecule has 12 heteroatoms. The average Bonchev–Trinajstić information content (AvgIpc) is 2.16. The Kier molecular flexibility index (Phi) is 4.70. The van der Waals surface area contributed by atoms with E-state index in [2.05, 4.69) is 0 Å². The maximum absolute atomic E-state index is 10.7. The van der Waals surface area contributed by atoms with Crippen LogP contribution >= 0.6 is 11.8 Å². The predicted molar refractivity (Wildman–Crippen MR) is 51.6 cm³/mol. The van der Waals surface area contributed by atoms with Crippen LogP contribution in [0.1, 0.15) is 13.3 Å². The molecule has 0 aliphatic rings. The van der Waals surface area contributed by atoms with Crippen LogP contribution in [0.15, 0.2) is 0 Å². The molecule has 1 amide bonds. The molecule has 11 nitrogen and oxygen atoms in total. The van der Waals surface area contributed by atoms with Crippen molar-refractivity contribution in [2.75, 3.05) is 6.54 Å². The monoisotopic (exact) mass is 270 g/mol. The van der Waals surface area contributed by atoms with Crippen molar-refractivity contribution >= 4 is 17.7 Å². The second-order valence-electron chi connectivity index (χ2n) is 2.90. The van der Waals surface area contributed by atoms with E-state index in [1.807, 2.05) is 0 Å². The highest BCUT2D eigenvalue weighted by atomic mass is 35.5. The fraction of sp³-hybridized carbons (Fsp3) is 0.800. The van der Waals surface area contributed by atoms with Gasteiger partial charge >= 0.3 is 5.79 Å². The first kappa shape index (κ1) is 15.0. The Hall–Kier alpha value is -2.04. The zero-order valence-corrected chi connectivity index (χ0v) is 9.19. The number of rotatable bonds is 6. The molecule has 0 saturated carbocycles. The molecule has 96 valence electrons. The van der Waals surface area contributed by atoms with Crippen LogP contribution in [-0.2, 0) is 4.79 Å². The lowest BCUT2D eigenvalue weighted by molar-refractivity contribution is -0.970. The number of amides is 1. The van der Waals surface area contributed by atoms with Crippen molar-refractivity contribution in [3.63, 3.8) is 0 Å². The van der Waals surface area contributed by atoms with Gasteiger partial charge in [-0.2, -0.15) is 0 Å². The highest BCUT2D eigenvalue weighted by molar-refractivity contribution is 6.20. The van der Waals surface area contributed by atoms with Gasteiger partial charge in [0.25, 0.3) is 0 Å². The molecule has 0 bridgehead atoms. The van der Waals surface area contributed by atoms with E-state index in [1.165, 1.54) is 0 Å². The van der Waals surface area contributed by atoms with Crippen LogP contribution in [0.4, 0.5) is 0 Å². The Morgan fingerprint density at radius 1 is 1.18 bits per heavy atom. The molecule has 0 N–H and O–H groups in total. The number of carbonyl (C=O) groups excluding carboxylic acids is 1. The van der Waals surface area contributed by atoms with Crippen molar-refractivity contribution < 1.29 is 19.6 Å². The zero-order chi connectivity index (χ0) is 13.8. The molecule has 0 heterocycles. The molecule has 17 heavy (non-hydrogen) atoms. The smallest absolute Gasteiger partial charge is 0.274 e. The topological polar surface area (TPSA) is 150 Å². The first-order chi connectivity index (χ1) is 7.66. The fourth-order valence-corrected chi connectivity index (χ4v) is 0.964. The van der Waals surface area contributed by atoms with Crippen molar-refractivity contribution in [1.82, 2.24) is 4.42 Å². The van der Waals surface area contributed by atoms with E-state index in [1.54, 1.807) is 0 Å². The normalized spacial score (nSPS) is 10.7. The third-order valence-electron chi connectivity index (χ3n) is 1.86. The summed E-state index contributed by atoms with van der Waals surface area (Å²) in [7, 11) is 0. The number of hydrogen-bond acceptors (Lipinski definition) is 7. The summed E-state index contributed by atoms with van der Waals surface area (Å²) in [6.07, 6.45) is -1.14. The Balaban J connectivity index is 5.08. The first-order valence-electron chi connectivity index (χ1n) is 4.03. The minimum atomic E-state index is -3.59. The molecule has 0 fully saturated rings. The molecule has 0 atom stereocenters. The van der Waals surface area contributed by atoms with Crippen molar-refractivity contribution in [2.24, 2.45) is 0 Å². The molecule has 0 aliphatic heterocycles. The van der Waals surface area contributed by atoms with Gasteiger partial charge in [-0.1, -0.05) is 0 Å². The summed E-state index contributed by atoms with van der Waals surface area (Å²) in [5.41, 5.74) is 0. The number of nitro groups is 3. The molecule has 0 saturated heterocycles. The Bertz CT molecular complexity index is 335. The van der Waals surface area contributed by atoms with Crippen molar-refractivity contribution in [3.8, 4) is 0 Å². The van der Waals surface area contributed by atoms with Crippen LogP contribution in [0.2, 0.25) is 0 Å². The van der Waals surface area contributed by atoms with Crippen molar-refractivity contribution in [1.29, 1.82) is 0 Å². The van der Waals surface area contributed by atoms with E-state index in [0.717, 1.165) is 6.92 Å². The lowest BCUT2D eigenvalue weighted by Gasteiger charge is -2.12. The molecular weight excluding hydrogens is 264 g/mol. The molecule has 0 spiro atoms. The molecule has 0 aromatic carbocycles. The summed E-state index contributed by atoms with van der Waals surface area (Å²) in [5, 5.41) is 31.4. The number of nitrogens with zero attached hydrogens (tertiary/aromatic N) is 4. The van der Waals surface area contributed by atoms with Gasteiger partial charge in [-0.15, -0.1) is 0 Å². The zero-order valence-electron chi connectivity index (χ0n) is 8.44. The summed E-state index contributed by atoms with van der Waals surface area (Å²) in [6.45, 7) is 0.305. The minimum Gasteiger partial charge on any atom is -0.274 e. The third-order valence-corrected chi connectivity index (χ3v) is 2.27. The minimum absolute atomic E-state index is 0.394. The van der Waals surface area contributed by atoms with Gasteiger partial charge in [-0.3, -0.25) is 39.6 Å². The summed E-state index contributed by atoms with van der Waals surface area (Å²) < 4.78 is 0.394. The van der Waals surface area contributed by atoms with Crippen LogP contribution < -0.4 is 0 Å². The fourth-order valence-electron chi connectivity index (χ4n) is 0.879. The van der Waals surface area contributed by atoms with E-state index in [4.69, 9.17) is 11.8 Å². The van der Waals surface area contributed by atoms with Gasteiger partial charge in [0.15, 0.2) is 21.2 Å². The van der Waals surface area contributed by atoms with Gasteiger partial charge in [-0.05, 0) is 0 Å². The molecule has 0 rings (SSSR count). The summed E-state index contributed by atoms with van der Waals surface area (Å²) >= 11 is 5.25. The summed E-state index contributed by atoms with van der Waals surface area (Å²) in [4.78, 5) is 37.2.